The van der Waals surface area contributed by atoms with Crippen molar-refractivity contribution in [2.75, 3.05) is 10.0 Å². The standard InChI is InChI=1S/C21H18Cl2N4O3S/c1-13-11-14(2)25-21(24-13)27-31(29,30)17-7-5-16(6-8-17)26-20(28)10-4-15-3-9-18(22)19(23)12-15/h3-12H,1-2H3,(H,26,28)(H,24,25,27)/b10-4+. The van der Waals surface area contributed by atoms with Crippen molar-refractivity contribution >= 4 is 56.8 Å². The van der Waals surface area contributed by atoms with E-state index in [0.717, 1.165) is 0 Å². The number of aromatic nitrogens is 2. The first kappa shape index (κ1) is 22.7. The fraction of sp³-hybridized carbons (Fsp3) is 0.0952. The average Bonchev–Trinajstić information content (AvgIpc) is 2.68. The third-order valence-electron chi connectivity index (χ3n) is 4.01. The highest BCUT2D eigenvalue weighted by molar-refractivity contribution is 7.92. The van der Waals surface area contributed by atoms with Crippen molar-refractivity contribution in [2.45, 2.75) is 18.7 Å². The Kier molecular flexibility index (Phi) is 6.94. The maximum atomic E-state index is 12.6. The van der Waals surface area contributed by atoms with Crippen LogP contribution in [0.2, 0.25) is 10.0 Å². The maximum Gasteiger partial charge on any atom is 0.264 e. The van der Waals surface area contributed by atoms with Gasteiger partial charge < -0.3 is 5.32 Å². The average molecular weight is 477 g/mol. The zero-order valence-corrected chi connectivity index (χ0v) is 18.9. The van der Waals surface area contributed by atoms with E-state index < -0.39 is 10.0 Å². The van der Waals surface area contributed by atoms with Crippen LogP contribution in [0, 0.1) is 13.8 Å². The monoisotopic (exact) mass is 476 g/mol. The highest BCUT2D eigenvalue weighted by atomic mass is 35.5. The van der Waals surface area contributed by atoms with Crippen LogP contribution in [0.5, 0.6) is 0 Å². The van der Waals surface area contributed by atoms with Crippen LogP contribution in [-0.2, 0) is 14.8 Å². The van der Waals surface area contributed by atoms with Crippen molar-refractivity contribution in [3.63, 3.8) is 0 Å². The first-order valence-electron chi connectivity index (χ1n) is 9.02. The van der Waals surface area contributed by atoms with E-state index in [1.165, 1.54) is 30.3 Å². The second kappa shape index (κ2) is 9.47. The minimum Gasteiger partial charge on any atom is -0.323 e. The lowest BCUT2D eigenvalue weighted by atomic mass is 10.2. The molecule has 2 N–H and O–H groups in total. The first-order valence-corrected chi connectivity index (χ1v) is 11.3. The van der Waals surface area contributed by atoms with E-state index in [0.29, 0.717) is 32.7 Å². The Balaban J connectivity index is 1.66. The number of amides is 1. The lowest BCUT2D eigenvalue weighted by Gasteiger charge is -2.09. The van der Waals surface area contributed by atoms with Gasteiger partial charge in [0.15, 0.2) is 0 Å². The Morgan fingerprint density at radius 2 is 1.58 bits per heavy atom. The minimum atomic E-state index is -3.87. The predicted molar refractivity (Wildman–Crippen MR) is 123 cm³/mol. The van der Waals surface area contributed by atoms with Gasteiger partial charge >= 0.3 is 0 Å². The Hall–Kier alpha value is -2.94. The molecule has 1 amide bonds. The van der Waals surface area contributed by atoms with Gasteiger partial charge in [0.2, 0.25) is 11.9 Å². The Bertz CT molecular complexity index is 1240. The Morgan fingerprint density at radius 1 is 0.935 bits per heavy atom. The molecule has 0 spiro atoms. The van der Waals surface area contributed by atoms with Crippen molar-refractivity contribution < 1.29 is 13.2 Å². The van der Waals surface area contributed by atoms with Crippen molar-refractivity contribution in [3.05, 3.63) is 81.6 Å². The number of halogens is 2. The summed E-state index contributed by atoms with van der Waals surface area (Å²) in [5, 5.41) is 3.47. The molecule has 3 aromatic rings. The van der Waals surface area contributed by atoms with E-state index in [1.54, 1.807) is 44.2 Å². The molecule has 2 aromatic carbocycles. The van der Waals surface area contributed by atoms with Gasteiger partial charge in [-0.05, 0) is 68.0 Å². The van der Waals surface area contributed by atoms with E-state index in [2.05, 4.69) is 20.0 Å². The Labute approximate surface area is 190 Å². The molecular formula is C21H18Cl2N4O3S. The van der Waals surface area contributed by atoms with Gasteiger partial charge in [0, 0.05) is 23.2 Å². The summed E-state index contributed by atoms with van der Waals surface area (Å²) in [6.07, 6.45) is 2.92. The molecule has 0 saturated heterocycles. The molecule has 0 bridgehead atoms. The lowest BCUT2D eigenvalue weighted by Crippen LogP contribution is -2.16. The summed E-state index contributed by atoms with van der Waals surface area (Å²) in [5.41, 5.74) is 2.45. The molecule has 1 aromatic heterocycles. The molecule has 10 heteroatoms. The SMILES string of the molecule is Cc1cc(C)nc(NS(=O)(=O)c2ccc(NC(=O)/C=C/c3ccc(Cl)c(Cl)c3)cc2)n1. The third kappa shape index (κ3) is 6.27. The number of rotatable bonds is 6. The predicted octanol–water partition coefficient (Wildman–Crippen LogP) is 4.85. The van der Waals surface area contributed by atoms with Crippen LogP contribution in [0.4, 0.5) is 11.6 Å². The quantitative estimate of drug-likeness (QED) is 0.494. The number of carbonyl (C=O) groups excluding carboxylic acids is 1. The van der Waals surface area contributed by atoms with Crippen molar-refractivity contribution in [1.82, 2.24) is 9.97 Å². The highest BCUT2D eigenvalue weighted by Gasteiger charge is 2.16. The molecule has 31 heavy (non-hydrogen) atoms. The minimum absolute atomic E-state index is 0.00215. The number of sulfonamides is 1. The molecule has 7 nitrogen and oxygen atoms in total. The van der Waals surface area contributed by atoms with Gasteiger partial charge in [-0.25, -0.2) is 23.1 Å². The summed E-state index contributed by atoms with van der Waals surface area (Å²) >= 11 is 11.8. The lowest BCUT2D eigenvalue weighted by molar-refractivity contribution is -0.111. The number of anilines is 2. The van der Waals surface area contributed by atoms with E-state index in [9.17, 15) is 13.2 Å². The molecule has 160 valence electrons. The third-order valence-corrected chi connectivity index (χ3v) is 6.09. The van der Waals surface area contributed by atoms with Gasteiger partial charge in [-0.1, -0.05) is 29.3 Å². The van der Waals surface area contributed by atoms with Crippen molar-refractivity contribution in [2.24, 2.45) is 0 Å². The number of hydrogen-bond acceptors (Lipinski definition) is 5. The summed E-state index contributed by atoms with van der Waals surface area (Å²) < 4.78 is 27.5. The second-order valence-electron chi connectivity index (χ2n) is 6.60. The normalized spacial score (nSPS) is 11.5. The summed E-state index contributed by atoms with van der Waals surface area (Å²) in [6, 6.07) is 12.5. The molecule has 0 aliphatic carbocycles. The highest BCUT2D eigenvalue weighted by Crippen LogP contribution is 2.23. The van der Waals surface area contributed by atoms with E-state index in [-0.39, 0.29) is 16.8 Å². The first-order chi connectivity index (χ1) is 14.6. The summed E-state index contributed by atoms with van der Waals surface area (Å²) in [6.45, 7) is 3.50. The smallest absolute Gasteiger partial charge is 0.264 e. The van der Waals surface area contributed by atoms with Gasteiger partial charge in [0.05, 0.1) is 14.9 Å². The zero-order chi connectivity index (χ0) is 22.6. The molecule has 0 atom stereocenters. The Morgan fingerprint density at radius 3 is 2.19 bits per heavy atom. The van der Waals surface area contributed by atoms with Gasteiger partial charge in [-0.2, -0.15) is 0 Å². The van der Waals surface area contributed by atoms with Crippen molar-refractivity contribution in [3.8, 4) is 0 Å². The van der Waals surface area contributed by atoms with Gasteiger partial charge in [-0.3, -0.25) is 4.79 Å². The van der Waals surface area contributed by atoms with Crippen LogP contribution >= 0.6 is 23.2 Å². The number of aryl methyl sites for hydroxylation is 2. The molecule has 0 unspecified atom stereocenters. The summed E-state index contributed by atoms with van der Waals surface area (Å²) in [5.74, 6) is -0.384. The number of nitrogens with one attached hydrogen (secondary N) is 2. The van der Waals surface area contributed by atoms with Gasteiger partial charge in [-0.15, -0.1) is 0 Å². The van der Waals surface area contributed by atoms with Crippen molar-refractivity contribution in [1.29, 1.82) is 0 Å². The van der Waals surface area contributed by atoms with Crippen LogP contribution in [0.1, 0.15) is 17.0 Å². The second-order valence-corrected chi connectivity index (χ2v) is 9.10. The van der Waals surface area contributed by atoms with Crippen LogP contribution in [0.15, 0.2) is 59.5 Å². The largest absolute Gasteiger partial charge is 0.323 e. The number of hydrogen-bond donors (Lipinski definition) is 2. The van der Waals surface area contributed by atoms with Gasteiger partial charge in [0.25, 0.3) is 10.0 Å². The summed E-state index contributed by atoms with van der Waals surface area (Å²) in [4.78, 5) is 20.3. The van der Waals surface area contributed by atoms with E-state index in [1.807, 2.05) is 0 Å². The van der Waals surface area contributed by atoms with E-state index in [4.69, 9.17) is 23.2 Å². The van der Waals surface area contributed by atoms with Crippen LogP contribution in [0.25, 0.3) is 6.08 Å². The number of nitrogens with zero attached hydrogens (tertiary/aromatic N) is 2. The molecule has 0 saturated carbocycles. The molecule has 0 aliphatic heterocycles. The molecule has 0 aliphatic rings. The van der Waals surface area contributed by atoms with Gasteiger partial charge in [0.1, 0.15) is 0 Å². The number of carbonyl (C=O) groups is 1. The topological polar surface area (TPSA) is 101 Å². The van der Waals surface area contributed by atoms with Crippen LogP contribution in [-0.4, -0.2) is 24.3 Å². The van der Waals surface area contributed by atoms with Crippen LogP contribution < -0.4 is 10.0 Å². The number of benzene rings is 2. The molecule has 1 heterocycles. The van der Waals surface area contributed by atoms with E-state index >= 15 is 0 Å². The fourth-order valence-corrected chi connectivity index (χ4v) is 3.89. The molecule has 3 rings (SSSR count). The van der Waals surface area contributed by atoms with Crippen LogP contribution in [0.3, 0.4) is 0 Å². The molecular weight excluding hydrogens is 459 g/mol. The maximum absolute atomic E-state index is 12.6. The summed E-state index contributed by atoms with van der Waals surface area (Å²) in [7, 11) is -3.87. The zero-order valence-electron chi connectivity index (χ0n) is 16.6. The fourth-order valence-electron chi connectivity index (χ4n) is 2.64. The molecule has 0 fully saturated rings. The molecule has 0 radical (unpaired) electrons.